The number of carbonyl (C=O) groups is 3. The summed E-state index contributed by atoms with van der Waals surface area (Å²) in [6, 6.07) is 7.20. The Morgan fingerprint density at radius 2 is 1.83 bits per heavy atom. The van der Waals surface area contributed by atoms with Crippen molar-refractivity contribution < 1.29 is 19.5 Å². The molecule has 1 aromatic rings. The summed E-state index contributed by atoms with van der Waals surface area (Å²) in [5.74, 6) is -1.32. The molecule has 0 aliphatic heterocycles. The van der Waals surface area contributed by atoms with Gasteiger partial charge in [0.1, 0.15) is 5.54 Å². The van der Waals surface area contributed by atoms with Crippen molar-refractivity contribution in [2.45, 2.75) is 37.1 Å². The summed E-state index contributed by atoms with van der Waals surface area (Å²) < 4.78 is 0. The number of hydrogen-bond donors (Lipinski definition) is 3. The molecule has 0 saturated heterocycles. The largest absolute Gasteiger partial charge is 0.480 e. The molecule has 6 heteroatoms. The van der Waals surface area contributed by atoms with Crippen LogP contribution >= 0.6 is 0 Å². The van der Waals surface area contributed by atoms with Crippen molar-refractivity contribution in [1.29, 1.82) is 0 Å². The molecule has 0 radical (unpaired) electrons. The molecule has 2 unspecified atom stereocenters. The quantitative estimate of drug-likeness (QED) is 0.762. The third kappa shape index (κ3) is 2.81. The molecule has 2 aliphatic rings. The molecule has 2 fully saturated rings. The molecule has 0 heterocycles. The van der Waals surface area contributed by atoms with Gasteiger partial charge in [-0.05, 0) is 49.3 Å². The summed E-state index contributed by atoms with van der Waals surface area (Å²) in [7, 11) is 1.58. The second kappa shape index (κ2) is 5.68. The summed E-state index contributed by atoms with van der Waals surface area (Å²) in [6.45, 7) is 0. The highest BCUT2D eigenvalue weighted by atomic mass is 16.4. The van der Waals surface area contributed by atoms with E-state index < -0.39 is 11.5 Å². The summed E-state index contributed by atoms with van der Waals surface area (Å²) in [4.78, 5) is 35.1. The molecule has 0 spiro atoms. The normalized spacial score (nSPS) is 24.2. The van der Waals surface area contributed by atoms with Gasteiger partial charge in [0.15, 0.2) is 0 Å². The van der Waals surface area contributed by atoms with E-state index in [4.69, 9.17) is 0 Å². The van der Waals surface area contributed by atoms with Crippen LogP contribution in [-0.4, -0.2) is 35.5 Å². The molecule has 122 valence electrons. The highest BCUT2D eigenvalue weighted by Gasteiger charge is 2.50. The van der Waals surface area contributed by atoms with E-state index in [2.05, 4.69) is 10.6 Å². The van der Waals surface area contributed by atoms with Gasteiger partial charge in [-0.3, -0.25) is 9.59 Å². The number of hydrogen-bond acceptors (Lipinski definition) is 3. The molecule has 3 rings (SSSR count). The Balaban J connectivity index is 1.61. The van der Waals surface area contributed by atoms with Crippen LogP contribution in [0.25, 0.3) is 0 Å². The number of nitrogens with one attached hydrogen (secondary N) is 2. The van der Waals surface area contributed by atoms with E-state index in [1.54, 1.807) is 19.2 Å². The van der Waals surface area contributed by atoms with Crippen LogP contribution in [0.4, 0.5) is 0 Å². The maximum absolute atomic E-state index is 12.3. The molecule has 23 heavy (non-hydrogen) atoms. The topological polar surface area (TPSA) is 95.5 Å². The molecule has 0 bridgehead atoms. The van der Waals surface area contributed by atoms with Gasteiger partial charge in [0, 0.05) is 18.5 Å². The zero-order chi connectivity index (χ0) is 16.6. The highest BCUT2D eigenvalue weighted by molar-refractivity contribution is 5.94. The van der Waals surface area contributed by atoms with Gasteiger partial charge in [-0.2, -0.15) is 0 Å². The first-order chi connectivity index (χ1) is 11.0. The molecule has 2 saturated carbocycles. The SMILES string of the molecule is CNC(=O)c1ccc(C2CC2C(=O)NC2(C(=O)O)CCC2)cc1. The predicted molar refractivity (Wildman–Crippen MR) is 83.0 cm³/mol. The number of amides is 2. The van der Waals surface area contributed by atoms with Gasteiger partial charge < -0.3 is 15.7 Å². The van der Waals surface area contributed by atoms with Crippen LogP contribution in [0.2, 0.25) is 0 Å². The molecule has 6 nitrogen and oxygen atoms in total. The molecule has 1 aromatic carbocycles. The average Bonchev–Trinajstić information content (AvgIpc) is 3.30. The lowest BCUT2D eigenvalue weighted by Gasteiger charge is -2.38. The maximum Gasteiger partial charge on any atom is 0.329 e. The number of benzene rings is 1. The first-order valence-electron chi connectivity index (χ1n) is 7.84. The third-order valence-electron chi connectivity index (χ3n) is 4.93. The Bertz CT molecular complexity index is 649. The van der Waals surface area contributed by atoms with E-state index in [-0.39, 0.29) is 23.7 Å². The van der Waals surface area contributed by atoms with Gasteiger partial charge in [-0.1, -0.05) is 12.1 Å². The first-order valence-corrected chi connectivity index (χ1v) is 7.84. The van der Waals surface area contributed by atoms with Crippen molar-refractivity contribution in [3.8, 4) is 0 Å². The van der Waals surface area contributed by atoms with E-state index in [9.17, 15) is 19.5 Å². The Hall–Kier alpha value is -2.37. The summed E-state index contributed by atoms with van der Waals surface area (Å²) >= 11 is 0. The van der Waals surface area contributed by atoms with E-state index in [0.717, 1.165) is 18.4 Å². The standard InChI is InChI=1S/C17H20N2O4/c1-18-14(20)11-5-3-10(4-6-11)12-9-13(12)15(21)19-17(16(22)23)7-2-8-17/h3-6,12-13H,2,7-9H2,1H3,(H,18,20)(H,19,21)(H,22,23). The zero-order valence-electron chi connectivity index (χ0n) is 13.0. The monoisotopic (exact) mass is 316 g/mol. The van der Waals surface area contributed by atoms with Crippen LogP contribution in [0.3, 0.4) is 0 Å². The number of carboxylic acids is 1. The van der Waals surface area contributed by atoms with E-state index in [1.165, 1.54) is 0 Å². The molecule has 0 aromatic heterocycles. The minimum atomic E-state index is -1.05. The molecule has 2 aliphatic carbocycles. The lowest BCUT2D eigenvalue weighted by atomic mass is 9.76. The Morgan fingerprint density at radius 3 is 2.30 bits per heavy atom. The minimum Gasteiger partial charge on any atom is -0.480 e. The summed E-state index contributed by atoms with van der Waals surface area (Å²) in [5, 5.41) is 14.6. The van der Waals surface area contributed by atoms with Gasteiger partial charge >= 0.3 is 5.97 Å². The Labute approximate surface area is 134 Å². The molecule has 3 N–H and O–H groups in total. The van der Waals surface area contributed by atoms with E-state index >= 15 is 0 Å². The summed E-state index contributed by atoms with van der Waals surface area (Å²) in [6.07, 6.45) is 2.57. The fourth-order valence-corrected chi connectivity index (χ4v) is 3.13. The maximum atomic E-state index is 12.3. The van der Waals surface area contributed by atoms with Gasteiger partial charge in [0.2, 0.25) is 5.91 Å². The van der Waals surface area contributed by atoms with Gasteiger partial charge in [-0.25, -0.2) is 4.79 Å². The molecule has 2 atom stereocenters. The fourth-order valence-electron chi connectivity index (χ4n) is 3.13. The van der Waals surface area contributed by atoms with Crippen LogP contribution in [0.1, 0.15) is 47.5 Å². The summed E-state index contributed by atoms with van der Waals surface area (Å²) in [5.41, 5.74) is 0.542. The van der Waals surface area contributed by atoms with Crippen molar-refractivity contribution in [1.82, 2.24) is 10.6 Å². The first kappa shape index (κ1) is 15.5. The van der Waals surface area contributed by atoms with Crippen molar-refractivity contribution in [3.05, 3.63) is 35.4 Å². The van der Waals surface area contributed by atoms with Crippen molar-refractivity contribution in [3.63, 3.8) is 0 Å². The lowest BCUT2D eigenvalue weighted by Crippen LogP contribution is -2.59. The molecular formula is C17H20N2O4. The van der Waals surface area contributed by atoms with Crippen molar-refractivity contribution in [2.24, 2.45) is 5.92 Å². The van der Waals surface area contributed by atoms with Crippen LogP contribution in [0, 0.1) is 5.92 Å². The van der Waals surface area contributed by atoms with Crippen LogP contribution in [0.15, 0.2) is 24.3 Å². The predicted octanol–water partition coefficient (Wildman–Crippen LogP) is 1.27. The number of carbonyl (C=O) groups excluding carboxylic acids is 2. The smallest absolute Gasteiger partial charge is 0.329 e. The van der Waals surface area contributed by atoms with Crippen molar-refractivity contribution in [2.75, 3.05) is 7.05 Å². The molecular weight excluding hydrogens is 296 g/mol. The Kier molecular flexibility index (Phi) is 3.83. The fraction of sp³-hybridized carbons (Fsp3) is 0.471. The zero-order valence-corrected chi connectivity index (χ0v) is 13.0. The Morgan fingerprint density at radius 1 is 1.17 bits per heavy atom. The van der Waals surface area contributed by atoms with E-state index in [0.29, 0.717) is 18.4 Å². The lowest BCUT2D eigenvalue weighted by molar-refractivity contribution is -0.152. The highest BCUT2D eigenvalue weighted by Crippen LogP contribution is 2.48. The number of rotatable bonds is 5. The third-order valence-corrected chi connectivity index (χ3v) is 4.93. The number of aliphatic carboxylic acids is 1. The average molecular weight is 316 g/mol. The van der Waals surface area contributed by atoms with E-state index in [1.807, 2.05) is 12.1 Å². The van der Waals surface area contributed by atoms with Crippen LogP contribution in [-0.2, 0) is 9.59 Å². The van der Waals surface area contributed by atoms with Gasteiger partial charge in [-0.15, -0.1) is 0 Å². The van der Waals surface area contributed by atoms with Crippen molar-refractivity contribution >= 4 is 17.8 Å². The van der Waals surface area contributed by atoms with Crippen LogP contribution in [0.5, 0.6) is 0 Å². The molecule has 2 amide bonds. The van der Waals surface area contributed by atoms with Gasteiger partial charge in [0.25, 0.3) is 5.91 Å². The van der Waals surface area contributed by atoms with Crippen LogP contribution < -0.4 is 10.6 Å². The second-order valence-electron chi connectivity index (χ2n) is 6.38. The van der Waals surface area contributed by atoms with Gasteiger partial charge in [0.05, 0.1) is 0 Å². The second-order valence-corrected chi connectivity index (χ2v) is 6.38. The minimum absolute atomic E-state index is 0.111. The number of carboxylic acid groups (broad SMARTS) is 1.